The molecule has 0 aliphatic carbocycles. The van der Waals surface area contributed by atoms with Crippen molar-refractivity contribution in [3.8, 4) is 0 Å². The molecule has 0 saturated carbocycles. The second kappa shape index (κ2) is 5.72. The third-order valence-corrected chi connectivity index (χ3v) is 2.35. The van der Waals surface area contributed by atoms with Crippen LogP contribution in [0, 0.1) is 0 Å². The third kappa shape index (κ3) is 3.72. The maximum absolute atomic E-state index is 11.7. The first kappa shape index (κ1) is 12.8. The first-order valence-corrected chi connectivity index (χ1v) is 5.27. The third-order valence-electron chi connectivity index (χ3n) is 2.13. The van der Waals surface area contributed by atoms with E-state index in [9.17, 15) is 4.79 Å². The fourth-order valence-corrected chi connectivity index (χ4v) is 1.41. The molecule has 0 fully saturated rings. The summed E-state index contributed by atoms with van der Waals surface area (Å²) >= 11 is 5.80. The van der Waals surface area contributed by atoms with Crippen LogP contribution in [0.3, 0.4) is 0 Å². The molecule has 3 N–H and O–H groups in total. The number of ether oxygens (including phenoxy) is 1. The number of methoxy groups -OCH3 is 1. The SMILES string of the molecule is COC(C)CNC(=O)c1cc(N)cc(Cl)c1. The number of rotatable bonds is 4. The van der Waals surface area contributed by atoms with Crippen molar-refractivity contribution in [1.82, 2.24) is 5.32 Å². The van der Waals surface area contributed by atoms with Crippen LogP contribution in [-0.2, 0) is 4.74 Å². The number of carbonyl (C=O) groups is 1. The van der Waals surface area contributed by atoms with E-state index in [0.717, 1.165) is 0 Å². The minimum absolute atomic E-state index is 0.0273. The van der Waals surface area contributed by atoms with E-state index < -0.39 is 0 Å². The fourth-order valence-electron chi connectivity index (χ4n) is 1.17. The van der Waals surface area contributed by atoms with Gasteiger partial charge in [0, 0.05) is 29.9 Å². The predicted molar refractivity (Wildman–Crippen MR) is 64.7 cm³/mol. The molecule has 1 aromatic rings. The molecule has 1 unspecified atom stereocenters. The molecule has 1 atom stereocenters. The first-order chi connectivity index (χ1) is 7.52. The Kier molecular flexibility index (Phi) is 4.58. The average Bonchev–Trinajstić information content (AvgIpc) is 2.23. The molecule has 0 aromatic heterocycles. The number of benzene rings is 1. The van der Waals surface area contributed by atoms with E-state index in [1.165, 1.54) is 0 Å². The Morgan fingerprint density at radius 1 is 1.56 bits per heavy atom. The average molecular weight is 243 g/mol. The number of nitrogens with one attached hydrogen (secondary N) is 1. The van der Waals surface area contributed by atoms with Crippen molar-refractivity contribution >= 4 is 23.2 Å². The minimum Gasteiger partial charge on any atom is -0.399 e. The van der Waals surface area contributed by atoms with Crippen LogP contribution < -0.4 is 11.1 Å². The van der Waals surface area contributed by atoms with Gasteiger partial charge in [-0.25, -0.2) is 0 Å². The zero-order chi connectivity index (χ0) is 12.1. The predicted octanol–water partition coefficient (Wildman–Crippen LogP) is 1.69. The van der Waals surface area contributed by atoms with Crippen molar-refractivity contribution in [1.29, 1.82) is 0 Å². The van der Waals surface area contributed by atoms with Crippen LogP contribution in [0.25, 0.3) is 0 Å². The maximum atomic E-state index is 11.7. The number of carbonyl (C=O) groups excluding carboxylic acids is 1. The number of hydrogen-bond donors (Lipinski definition) is 2. The van der Waals surface area contributed by atoms with E-state index in [2.05, 4.69) is 5.32 Å². The van der Waals surface area contributed by atoms with Gasteiger partial charge in [0.1, 0.15) is 0 Å². The van der Waals surface area contributed by atoms with E-state index in [4.69, 9.17) is 22.1 Å². The van der Waals surface area contributed by atoms with Gasteiger partial charge in [-0.1, -0.05) is 11.6 Å². The maximum Gasteiger partial charge on any atom is 0.251 e. The highest BCUT2D eigenvalue weighted by Gasteiger charge is 2.08. The second-order valence-electron chi connectivity index (χ2n) is 3.53. The van der Waals surface area contributed by atoms with Gasteiger partial charge in [-0.05, 0) is 25.1 Å². The van der Waals surface area contributed by atoms with Crippen LogP contribution >= 0.6 is 11.6 Å². The normalized spacial score (nSPS) is 12.2. The summed E-state index contributed by atoms with van der Waals surface area (Å²) in [6, 6.07) is 4.75. The number of nitrogen functional groups attached to an aromatic ring is 1. The lowest BCUT2D eigenvalue weighted by molar-refractivity contribution is 0.0870. The summed E-state index contributed by atoms with van der Waals surface area (Å²) in [5.41, 5.74) is 6.51. The van der Waals surface area contributed by atoms with E-state index in [1.807, 2.05) is 6.92 Å². The molecule has 1 amide bonds. The zero-order valence-electron chi connectivity index (χ0n) is 9.29. The van der Waals surface area contributed by atoms with Crippen LogP contribution in [0.5, 0.6) is 0 Å². The lowest BCUT2D eigenvalue weighted by Crippen LogP contribution is -2.31. The molecule has 0 bridgehead atoms. The van der Waals surface area contributed by atoms with Crippen LogP contribution in [0.2, 0.25) is 5.02 Å². The topological polar surface area (TPSA) is 64.3 Å². The van der Waals surface area contributed by atoms with Gasteiger partial charge in [-0.3, -0.25) is 4.79 Å². The van der Waals surface area contributed by atoms with Gasteiger partial charge in [0.25, 0.3) is 5.91 Å². The molecule has 1 rings (SSSR count). The monoisotopic (exact) mass is 242 g/mol. The summed E-state index contributed by atoms with van der Waals surface area (Å²) in [5, 5.41) is 3.17. The first-order valence-electron chi connectivity index (χ1n) is 4.90. The van der Waals surface area contributed by atoms with Gasteiger partial charge in [0.15, 0.2) is 0 Å². The Hall–Kier alpha value is -1.26. The number of halogens is 1. The number of nitrogens with two attached hydrogens (primary N) is 1. The van der Waals surface area contributed by atoms with Crippen molar-refractivity contribution in [3.05, 3.63) is 28.8 Å². The summed E-state index contributed by atoms with van der Waals surface area (Å²) in [6.45, 7) is 2.31. The summed E-state index contributed by atoms with van der Waals surface area (Å²) in [5.74, 6) is -0.210. The van der Waals surface area contributed by atoms with Crippen LogP contribution in [-0.4, -0.2) is 25.7 Å². The highest BCUT2D eigenvalue weighted by atomic mass is 35.5. The van der Waals surface area contributed by atoms with Gasteiger partial charge in [-0.2, -0.15) is 0 Å². The number of hydrogen-bond acceptors (Lipinski definition) is 3. The van der Waals surface area contributed by atoms with Crippen LogP contribution in [0.15, 0.2) is 18.2 Å². The summed E-state index contributed by atoms with van der Waals surface area (Å²) in [4.78, 5) is 11.7. The molecule has 1 aromatic carbocycles. The molecular weight excluding hydrogens is 228 g/mol. The van der Waals surface area contributed by atoms with Gasteiger partial charge in [0.05, 0.1) is 6.10 Å². The Morgan fingerprint density at radius 2 is 2.25 bits per heavy atom. The summed E-state index contributed by atoms with van der Waals surface area (Å²) in [6.07, 6.45) is -0.0273. The van der Waals surface area contributed by atoms with Crippen LogP contribution in [0.4, 0.5) is 5.69 Å². The smallest absolute Gasteiger partial charge is 0.251 e. The van der Waals surface area contributed by atoms with Gasteiger partial charge in [-0.15, -0.1) is 0 Å². The van der Waals surface area contributed by atoms with E-state index in [0.29, 0.717) is 22.8 Å². The highest BCUT2D eigenvalue weighted by molar-refractivity contribution is 6.31. The molecule has 0 aliphatic heterocycles. The lowest BCUT2D eigenvalue weighted by atomic mass is 10.2. The fraction of sp³-hybridized carbons (Fsp3) is 0.364. The standard InChI is InChI=1S/C11H15ClN2O2/c1-7(16-2)6-14-11(15)8-3-9(12)5-10(13)4-8/h3-5,7H,6,13H2,1-2H3,(H,14,15). The molecule has 0 spiro atoms. The molecule has 0 saturated heterocycles. The number of amides is 1. The van der Waals surface area contributed by atoms with Gasteiger partial charge in [0.2, 0.25) is 0 Å². The molecular formula is C11H15ClN2O2. The summed E-state index contributed by atoms with van der Waals surface area (Å²) in [7, 11) is 1.59. The molecule has 88 valence electrons. The molecule has 16 heavy (non-hydrogen) atoms. The van der Waals surface area contributed by atoms with Crippen LogP contribution in [0.1, 0.15) is 17.3 Å². The van der Waals surface area contributed by atoms with Gasteiger partial charge < -0.3 is 15.8 Å². The van der Waals surface area contributed by atoms with Crippen molar-refractivity contribution in [2.75, 3.05) is 19.4 Å². The van der Waals surface area contributed by atoms with E-state index >= 15 is 0 Å². The largest absolute Gasteiger partial charge is 0.399 e. The molecule has 5 heteroatoms. The van der Waals surface area contributed by atoms with Crippen molar-refractivity contribution < 1.29 is 9.53 Å². The molecule has 0 radical (unpaired) electrons. The molecule has 4 nitrogen and oxygen atoms in total. The summed E-state index contributed by atoms with van der Waals surface area (Å²) < 4.78 is 5.02. The van der Waals surface area contributed by atoms with Crippen molar-refractivity contribution in [2.24, 2.45) is 0 Å². The minimum atomic E-state index is -0.210. The highest BCUT2D eigenvalue weighted by Crippen LogP contribution is 2.16. The number of anilines is 1. The molecule has 0 heterocycles. The lowest BCUT2D eigenvalue weighted by Gasteiger charge is -2.11. The molecule has 0 aliphatic rings. The Balaban J connectivity index is 2.66. The Labute approximate surface area is 99.7 Å². The zero-order valence-corrected chi connectivity index (χ0v) is 10.0. The Bertz CT molecular complexity index is 362. The van der Waals surface area contributed by atoms with Crippen molar-refractivity contribution in [2.45, 2.75) is 13.0 Å². The Morgan fingerprint density at radius 3 is 2.81 bits per heavy atom. The van der Waals surface area contributed by atoms with E-state index in [-0.39, 0.29) is 12.0 Å². The van der Waals surface area contributed by atoms with Gasteiger partial charge >= 0.3 is 0 Å². The second-order valence-corrected chi connectivity index (χ2v) is 3.97. The van der Waals surface area contributed by atoms with Crippen molar-refractivity contribution in [3.63, 3.8) is 0 Å². The quantitative estimate of drug-likeness (QED) is 0.790. The van der Waals surface area contributed by atoms with E-state index in [1.54, 1.807) is 25.3 Å².